The van der Waals surface area contributed by atoms with Gasteiger partial charge in [-0.25, -0.2) is 9.97 Å². The van der Waals surface area contributed by atoms with Crippen molar-refractivity contribution in [1.82, 2.24) is 9.97 Å². The lowest BCUT2D eigenvalue weighted by Gasteiger charge is -2.14. The molecule has 0 amide bonds. The lowest BCUT2D eigenvalue weighted by atomic mass is 10.0. The van der Waals surface area contributed by atoms with Crippen molar-refractivity contribution in [3.05, 3.63) is 17.6 Å². The van der Waals surface area contributed by atoms with Gasteiger partial charge in [0.25, 0.3) is 0 Å². The molecule has 0 aliphatic heterocycles. The Morgan fingerprint density at radius 2 is 1.94 bits per heavy atom. The summed E-state index contributed by atoms with van der Waals surface area (Å²) in [6, 6.07) is 0. The molecule has 0 saturated carbocycles. The summed E-state index contributed by atoms with van der Waals surface area (Å²) in [5.41, 5.74) is 2.53. The van der Waals surface area contributed by atoms with Crippen molar-refractivity contribution in [2.45, 2.75) is 53.4 Å². The molecule has 0 fully saturated rings. The summed E-state index contributed by atoms with van der Waals surface area (Å²) in [7, 11) is 0. The number of nitrogens with one attached hydrogen (secondary N) is 1. The van der Waals surface area contributed by atoms with E-state index in [9.17, 15) is 0 Å². The Hall–Kier alpha value is -1.12. The van der Waals surface area contributed by atoms with E-state index in [2.05, 4.69) is 43.0 Å². The smallest absolute Gasteiger partial charge is 0.132 e. The number of rotatable bonds is 7. The van der Waals surface area contributed by atoms with Crippen LogP contribution in [0.2, 0.25) is 0 Å². The molecule has 96 valence electrons. The molecule has 0 spiro atoms. The third kappa shape index (κ3) is 4.33. The highest BCUT2D eigenvalue weighted by Gasteiger charge is 2.11. The molecule has 3 heteroatoms. The van der Waals surface area contributed by atoms with Gasteiger partial charge < -0.3 is 5.32 Å². The molecule has 0 radical (unpaired) electrons. The van der Waals surface area contributed by atoms with Gasteiger partial charge in [0.15, 0.2) is 0 Å². The first-order chi connectivity index (χ1) is 8.19. The van der Waals surface area contributed by atoms with Crippen molar-refractivity contribution in [2.75, 3.05) is 11.9 Å². The molecule has 1 aromatic heterocycles. The van der Waals surface area contributed by atoms with E-state index in [0.717, 1.165) is 38.0 Å². The number of anilines is 1. The van der Waals surface area contributed by atoms with Gasteiger partial charge in [0, 0.05) is 17.8 Å². The number of hydrogen-bond acceptors (Lipinski definition) is 3. The van der Waals surface area contributed by atoms with Crippen LogP contribution in [0.4, 0.5) is 5.82 Å². The van der Waals surface area contributed by atoms with Crippen LogP contribution in [-0.4, -0.2) is 16.5 Å². The van der Waals surface area contributed by atoms with Crippen LogP contribution >= 0.6 is 0 Å². The van der Waals surface area contributed by atoms with Gasteiger partial charge in [-0.05, 0) is 25.2 Å². The first-order valence-corrected chi connectivity index (χ1v) is 6.75. The topological polar surface area (TPSA) is 37.8 Å². The largest absolute Gasteiger partial charge is 0.370 e. The average molecular weight is 235 g/mol. The van der Waals surface area contributed by atoms with Crippen molar-refractivity contribution in [3.8, 4) is 0 Å². The minimum atomic E-state index is 0.638. The zero-order valence-corrected chi connectivity index (χ0v) is 11.6. The maximum atomic E-state index is 4.46. The van der Waals surface area contributed by atoms with Crippen LogP contribution < -0.4 is 5.32 Å². The van der Waals surface area contributed by atoms with Crippen LogP contribution in [0, 0.1) is 5.92 Å². The minimum Gasteiger partial charge on any atom is -0.370 e. The molecule has 3 nitrogen and oxygen atoms in total. The molecule has 0 atom stereocenters. The standard InChI is InChI=1S/C14H25N3/c1-5-7-12-13(9-11(3)4)16-10-17-14(12)15-8-6-2/h10-11H,5-9H2,1-4H3,(H,15,16,17). The van der Waals surface area contributed by atoms with E-state index in [1.165, 1.54) is 11.3 Å². The quantitative estimate of drug-likeness (QED) is 0.786. The zero-order valence-electron chi connectivity index (χ0n) is 11.6. The van der Waals surface area contributed by atoms with E-state index in [0.29, 0.717) is 5.92 Å². The highest BCUT2D eigenvalue weighted by molar-refractivity contribution is 5.46. The van der Waals surface area contributed by atoms with Crippen LogP contribution in [-0.2, 0) is 12.8 Å². The van der Waals surface area contributed by atoms with E-state index in [4.69, 9.17) is 0 Å². The molecule has 1 aromatic rings. The fourth-order valence-electron chi connectivity index (χ4n) is 1.92. The Morgan fingerprint density at radius 1 is 1.18 bits per heavy atom. The van der Waals surface area contributed by atoms with E-state index in [-0.39, 0.29) is 0 Å². The molecule has 1 N–H and O–H groups in total. The minimum absolute atomic E-state index is 0.638. The van der Waals surface area contributed by atoms with Gasteiger partial charge in [-0.15, -0.1) is 0 Å². The normalized spacial score (nSPS) is 10.9. The van der Waals surface area contributed by atoms with Gasteiger partial charge in [-0.2, -0.15) is 0 Å². The third-order valence-electron chi connectivity index (χ3n) is 2.68. The lowest BCUT2D eigenvalue weighted by Crippen LogP contribution is -2.10. The number of nitrogens with zero attached hydrogens (tertiary/aromatic N) is 2. The molecule has 0 aliphatic rings. The second-order valence-corrected chi connectivity index (χ2v) is 4.92. The first kappa shape index (κ1) is 13.9. The molecule has 0 aliphatic carbocycles. The fraction of sp³-hybridized carbons (Fsp3) is 0.714. The summed E-state index contributed by atoms with van der Waals surface area (Å²) in [6.07, 6.45) is 6.05. The third-order valence-corrected chi connectivity index (χ3v) is 2.68. The second-order valence-electron chi connectivity index (χ2n) is 4.92. The molecule has 0 aromatic carbocycles. The van der Waals surface area contributed by atoms with Crippen LogP contribution in [0.15, 0.2) is 6.33 Å². The SMILES string of the molecule is CCCNc1ncnc(CC(C)C)c1CCC. The number of aromatic nitrogens is 2. The Balaban J connectivity index is 2.94. The molecule has 17 heavy (non-hydrogen) atoms. The maximum absolute atomic E-state index is 4.46. The fourth-order valence-corrected chi connectivity index (χ4v) is 1.92. The van der Waals surface area contributed by atoms with E-state index >= 15 is 0 Å². The van der Waals surface area contributed by atoms with Crippen molar-refractivity contribution in [2.24, 2.45) is 5.92 Å². The molecular formula is C14H25N3. The van der Waals surface area contributed by atoms with Gasteiger partial charge in [0.2, 0.25) is 0 Å². The molecule has 1 rings (SSSR count). The summed E-state index contributed by atoms with van der Waals surface area (Å²) >= 11 is 0. The zero-order chi connectivity index (χ0) is 12.7. The highest BCUT2D eigenvalue weighted by atomic mass is 15.0. The Bertz CT molecular complexity index is 334. The average Bonchev–Trinajstić information content (AvgIpc) is 2.29. The monoisotopic (exact) mass is 235 g/mol. The highest BCUT2D eigenvalue weighted by Crippen LogP contribution is 2.20. The summed E-state index contributed by atoms with van der Waals surface area (Å²) in [6.45, 7) is 9.82. The van der Waals surface area contributed by atoms with Gasteiger partial charge in [-0.1, -0.05) is 34.1 Å². The second kappa shape index (κ2) is 7.25. The molecule has 0 saturated heterocycles. The van der Waals surface area contributed by atoms with Gasteiger partial charge >= 0.3 is 0 Å². The van der Waals surface area contributed by atoms with E-state index in [1.54, 1.807) is 6.33 Å². The van der Waals surface area contributed by atoms with Crippen LogP contribution in [0.1, 0.15) is 51.8 Å². The summed E-state index contributed by atoms with van der Waals surface area (Å²) in [4.78, 5) is 8.84. The first-order valence-electron chi connectivity index (χ1n) is 6.75. The molecular weight excluding hydrogens is 210 g/mol. The summed E-state index contributed by atoms with van der Waals surface area (Å²) in [5, 5.41) is 3.41. The van der Waals surface area contributed by atoms with Gasteiger partial charge in [0.05, 0.1) is 0 Å². The number of hydrogen-bond donors (Lipinski definition) is 1. The lowest BCUT2D eigenvalue weighted by molar-refractivity contribution is 0.626. The maximum Gasteiger partial charge on any atom is 0.132 e. The van der Waals surface area contributed by atoms with Crippen molar-refractivity contribution in [3.63, 3.8) is 0 Å². The van der Waals surface area contributed by atoms with Crippen molar-refractivity contribution < 1.29 is 0 Å². The van der Waals surface area contributed by atoms with Crippen molar-refractivity contribution >= 4 is 5.82 Å². The van der Waals surface area contributed by atoms with Gasteiger partial charge in [-0.3, -0.25) is 0 Å². The van der Waals surface area contributed by atoms with Crippen LogP contribution in [0.25, 0.3) is 0 Å². The van der Waals surface area contributed by atoms with E-state index in [1.807, 2.05) is 0 Å². The Morgan fingerprint density at radius 3 is 2.53 bits per heavy atom. The predicted octanol–water partition coefficient (Wildman–Crippen LogP) is 3.45. The molecule has 0 bridgehead atoms. The van der Waals surface area contributed by atoms with E-state index < -0.39 is 0 Å². The summed E-state index contributed by atoms with van der Waals surface area (Å²) < 4.78 is 0. The van der Waals surface area contributed by atoms with Crippen LogP contribution in [0.5, 0.6) is 0 Å². The van der Waals surface area contributed by atoms with Gasteiger partial charge in [0.1, 0.15) is 12.1 Å². The predicted molar refractivity (Wildman–Crippen MR) is 73.3 cm³/mol. The molecule has 0 unspecified atom stereocenters. The Labute approximate surface area is 105 Å². The van der Waals surface area contributed by atoms with Crippen LogP contribution in [0.3, 0.4) is 0 Å². The summed E-state index contributed by atoms with van der Waals surface area (Å²) in [5.74, 6) is 1.68. The Kier molecular flexibility index (Phi) is 5.95. The molecule has 1 heterocycles. The van der Waals surface area contributed by atoms with Crippen molar-refractivity contribution in [1.29, 1.82) is 0 Å².